The number of aryl methyl sites for hydroxylation is 1. The molecule has 88 valence electrons. The number of rotatable bonds is 3. The molecule has 0 aliphatic heterocycles. The first kappa shape index (κ1) is 11.7. The van der Waals surface area contributed by atoms with Crippen LogP contribution in [0.25, 0.3) is 0 Å². The second-order valence-electron chi connectivity index (χ2n) is 5.05. The first-order chi connectivity index (χ1) is 7.72. The Morgan fingerprint density at radius 2 is 2.06 bits per heavy atom. The average molecular weight is 217 g/mol. The molecule has 1 N–H and O–H groups in total. The van der Waals surface area contributed by atoms with Gasteiger partial charge in [0.25, 0.3) is 0 Å². The van der Waals surface area contributed by atoms with Gasteiger partial charge < -0.3 is 5.32 Å². The van der Waals surface area contributed by atoms with E-state index in [4.69, 9.17) is 0 Å². The quantitative estimate of drug-likeness (QED) is 0.816. The van der Waals surface area contributed by atoms with E-state index in [2.05, 4.69) is 44.3 Å². The van der Waals surface area contributed by atoms with Crippen LogP contribution in [-0.4, -0.2) is 12.6 Å². The highest BCUT2D eigenvalue weighted by Gasteiger charge is 2.26. The molecule has 1 saturated carbocycles. The SMILES string of the molecule is CCNC1CCC(c2cccc(C)c2C)C1. The predicted molar refractivity (Wildman–Crippen MR) is 70.0 cm³/mol. The van der Waals surface area contributed by atoms with Crippen molar-refractivity contribution in [2.24, 2.45) is 0 Å². The highest BCUT2D eigenvalue weighted by atomic mass is 14.9. The van der Waals surface area contributed by atoms with E-state index in [9.17, 15) is 0 Å². The van der Waals surface area contributed by atoms with Crippen LogP contribution in [0.15, 0.2) is 18.2 Å². The van der Waals surface area contributed by atoms with Gasteiger partial charge >= 0.3 is 0 Å². The van der Waals surface area contributed by atoms with Crippen LogP contribution in [0.3, 0.4) is 0 Å². The van der Waals surface area contributed by atoms with E-state index >= 15 is 0 Å². The topological polar surface area (TPSA) is 12.0 Å². The Bertz CT molecular complexity index is 356. The van der Waals surface area contributed by atoms with E-state index in [1.54, 1.807) is 5.56 Å². The zero-order valence-electron chi connectivity index (χ0n) is 10.7. The molecule has 0 aromatic heterocycles. The van der Waals surface area contributed by atoms with Crippen molar-refractivity contribution in [3.05, 3.63) is 34.9 Å². The third-order valence-corrected chi connectivity index (χ3v) is 4.01. The van der Waals surface area contributed by atoms with Crippen LogP contribution in [-0.2, 0) is 0 Å². The van der Waals surface area contributed by atoms with Gasteiger partial charge in [-0.15, -0.1) is 0 Å². The zero-order chi connectivity index (χ0) is 11.5. The lowest BCUT2D eigenvalue weighted by Gasteiger charge is -2.16. The fraction of sp³-hybridized carbons (Fsp3) is 0.600. The van der Waals surface area contributed by atoms with Crippen LogP contribution in [0.1, 0.15) is 48.8 Å². The minimum atomic E-state index is 0.745. The van der Waals surface area contributed by atoms with Crippen molar-refractivity contribution in [3.8, 4) is 0 Å². The Hall–Kier alpha value is -0.820. The molecule has 2 rings (SSSR count). The Balaban J connectivity index is 2.11. The van der Waals surface area contributed by atoms with Gasteiger partial charge in [-0.2, -0.15) is 0 Å². The minimum Gasteiger partial charge on any atom is -0.314 e. The number of benzene rings is 1. The second kappa shape index (κ2) is 5.01. The van der Waals surface area contributed by atoms with Crippen LogP contribution in [0, 0.1) is 13.8 Å². The Labute approximate surface area is 99.3 Å². The van der Waals surface area contributed by atoms with Crippen LogP contribution < -0.4 is 5.32 Å². The molecular formula is C15H23N. The summed E-state index contributed by atoms with van der Waals surface area (Å²) in [5.74, 6) is 0.781. The molecule has 2 atom stereocenters. The molecule has 0 radical (unpaired) electrons. The molecule has 1 heteroatoms. The molecule has 1 aromatic carbocycles. The molecule has 1 aliphatic rings. The van der Waals surface area contributed by atoms with Gasteiger partial charge in [-0.05, 0) is 62.3 Å². The van der Waals surface area contributed by atoms with Gasteiger partial charge in [0.2, 0.25) is 0 Å². The van der Waals surface area contributed by atoms with E-state index < -0.39 is 0 Å². The summed E-state index contributed by atoms with van der Waals surface area (Å²) >= 11 is 0. The van der Waals surface area contributed by atoms with Gasteiger partial charge in [0.1, 0.15) is 0 Å². The van der Waals surface area contributed by atoms with Crippen LogP contribution in [0.4, 0.5) is 0 Å². The van der Waals surface area contributed by atoms with E-state index in [0.29, 0.717) is 0 Å². The fourth-order valence-corrected chi connectivity index (χ4v) is 2.95. The van der Waals surface area contributed by atoms with E-state index in [1.165, 1.54) is 30.4 Å². The normalized spacial score (nSPS) is 24.9. The lowest BCUT2D eigenvalue weighted by atomic mass is 9.91. The minimum absolute atomic E-state index is 0.745. The van der Waals surface area contributed by atoms with Crippen molar-refractivity contribution < 1.29 is 0 Å². The third kappa shape index (κ3) is 2.30. The smallest absolute Gasteiger partial charge is 0.00729 e. The number of hydrogen-bond donors (Lipinski definition) is 1. The summed E-state index contributed by atoms with van der Waals surface area (Å²) in [6.07, 6.45) is 4.01. The predicted octanol–water partition coefficient (Wildman–Crippen LogP) is 3.55. The first-order valence-electron chi connectivity index (χ1n) is 6.52. The monoisotopic (exact) mass is 217 g/mol. The fourth-order valence-electron chi connectivity index (χ4n) is 2.95. The first-order valence-corrected chi connectivity index (χ1v) is 6.52. The third-order valence-electron chi connectivity index (χ3n) is 4.01. The van der Waals surface area contributed by atoms with Crippen molar-refractivity contribution in [3.63, 3.8) is 0 Å². The summed E-state index contributed by atoms with van der Waals surface area (Å²) < 4.78 is 0. The molecule has 0 bridgehead atoms. The molecule has 16 heavy (non-hydrogen) atoms. The molecule has 0 amide bonds. The summed E-state index contributed by atoms with van der Waals surface area (Å²) in [7, 11) is 0. The highest BCUT2D eigenvalue weighted by molar-refractivity contribution is 5.36. The summed E-state index contributed by atoms with van der Waals surface area (Å²) in [4.78, 5) is 0. The maximum atomic E-state index is 3.58. The molecular weight excluding hydrogens is 194 g/mol. The van der Waals surface area contributed by atoms with Crippen LogP contribution in [0.5, 0.6) is 0 Å². The molecule has 0 spiro atoms. The standard InChI is InChI=1S/C15H23N/c1-4-16-14-9-8-13(10-14)15-7-5-6-11(2)12(15)3/h5-7,13-14,16H,4,8-10H2,1-3H3. The Morgan fingerprint density at radius 3 is 2.81 bits per heavy atom. The maximum Gasteiger partial charge on any atom is 0.00729 e. The molecule has 0 saturated heterocycles. The van der Waals surface area contributed by atoms with Crippen molar-refractivity contribution in [2.45, 2.75) is 52.0 Å². The molecule has 2 unspecified atom stereocenters. The summed E-state index contributed by atoms with van der Waals surface area (Å²) in [5.41, 5.74) is 4.52. The molecule has 0 heterocycles. The second-order valence-corrected chi connectivity index (χ2v) is 5.05. The Morgan fingerprint density at radius 1 is 1.25 bits per heavy atom. The largest absolute Gasteiger partial charge is 0.314 e. The van der Waals surface area contributed by atoms with Crippen molar-refractivity contribution >= 4 is 0 Å². The summed E-state index contributed by atoms with van der Waals surface area (Å²) in [6.45, 7) is 7.79. The molecule has 1 aliphatic carbocycles. The van der Waals surface area contributed by atoms with E-state index in [0.717, 1.165) is 18.5 Å². The lowest BCUT2D eigenvalue weighted by molar-refractivity contribution is 0.534. The van der Waals surface area contributed by atoms with Crippen molar-refractivity contribution in [1.82, 2.24) is 5.32 Å². The number of hydrogen-bond acceptors (Lipinski definition) is 1. The Kier molecular flexibility index (Phi) is 3.65. The highest BCUT2D eigenvalue weighted by Crippen LogP contribution is 2.36. The van der Waals surface area contributed by atoms with Gasteiger partial charge in [-0.25, -0.2) is 0 Å². The molecule has 1 fully saturated rings. The van der Waals surface area contributed by atoms with Gasteiger partial charge in [0, 0.05) is 6.04 Å². The van der Waals surface area contributed by atoms with E-state index in [1.807, 2.05) is 0 Å². The summed E-state index contributed by atoms with van der Waals surface area (Å²) in [6, 6.07) is 7.49. The van der Waals surface area contributed by atoms with Gasteiger partial charge in [0.15, 0.2) is 0 Å². The van der Waals surface area contributed by atoms with E-state index in [-0.39, 0.29) is 0 Å². The van der Waals surface area contributed by atoms with Crippen molar-refractivity contribution in [1.29, 1.82) is 0 Å². The summed E-state index contributed by atoms with van der Waals surface area (Å²) in [5, 5.41) is 3.58. The van der Waals surface area contributed by atoms with Gasteiger partial charge in [-0.3, -0.25) is 0 Å². The van der Waals surface area contributed by atoms with Crippen LogP contribution in [0.2, 0.25) is 0 Å². The average Bonchev–Trinajstić information content (AvgIpc) is 2.71. The lowest BCUT2D eigenvalue weighted by Crippen LogP contribution is -2.25. The zero-order valence-corrected chi connectivity index (χ0v) is 10.7. The number of nitrogens with one attached hydrogen (secondary N) is 1. The van der Waals surface area contributed by atoms with Crippen LogP contribution >= 0.6 is 0 Å². The maximum absolute atomic E-state index is 3.58. The molecule has 1 nitrogen and oxygen atoms in total. The van der Waals surface area contributed by atoms with Crippen molar-refractivity contribution in [2.75, 3.05) is 6.54 Å². The van der Waals surface area contributed by atoms with Gasteiger partial charge in [0.05, 0.1) is 0 Å². The molecule has 1 aromatic rings. The van der Waals surface area contributed by atoms with Gasteiger partial charge in [-0.1, -0.05) is 25.1 Å².